The summed E-state index contributed by atoms with van der Waals surface area (Å²) in [5.74, 6) is 0. The first-order valence-electron chi connectivity index (χ1n) is 5.71. The van der Waals surface area contributed by atoms with Gasteiger partial charge in [-0.1, -0.05) is 11.8 Å². The summed E-state index contributed by atoms with van der Waals surface area (Å²) in [5.41, 5.74) is 8.06. The normalized spacial score (nSPS) is 23.6. The Hall–Kier alpha value is -0.780. The zero-order valence-electron chi connectivity index (χ0n) is 9.64. The van der Waals surface area contributed by atoms with E-state index in [-0.39, 0.29) is 0 Å². The number of nitrogens with zero attached hydrogens (tertiary/aromatic N) is 1. The molecule has 90 valence electrons. The molecule has 0 spiro atoms. The van der Waals surface area contributed by atoms with E-state index in [4.69, 9.17) is 5.73 Å². The smallest absolute Gasteiger partial charge is 0.150 e. The Bertz CT molecular complexity index is 532. The molecule has 1 aromatic carbocycles. The summed E-state index contributed by atoms with van der Waals surface area (Å²) in [6, 6.07) is 7.33. The molecule has 17 heavy (non-hydrogen) atoms. The Kier molecular flexibility index (Phi) is 2.98. The van der Waals surface area contributed by atoms with E-state index in [1.807, 2.05) is 0 Å². The maximum atomic E-state index is 5.78. The molecule has 3 nitrogen and oxygen atoms in total. The van der Waals surface area contributed by atoms with Gasteiger partial charge in [0.25, 0.3) is 0 Å². The second-order valence-corrected chi connectivity index (χ2v) is 6.52. The fraction of sp³-hybridized carbons (Fsp3) is 0.417. The van der Waals surface area contributed by atoms with Gasteiger partial charge in [-0.05, 0) is 37.3 Å². The van der Waals surface area contributed by atoms with Gasteiger partial charge in [-0.3, -0.25) is 0 Å². The van der Waals surface area contributed by atoms with Crippen LogP contribution in [0.1, 0.15) is 12.8 Å². The Balaban J connectivity index is 1.80. The standard InChI is InChI=1S/C12H15N3S2/c1-16-12-15-10-3-2-8(6-11(10)17-12)14-9-4-7(13)5-9/h2-3,6-7,9,14H,4-5,13H2,1H3. The molecule has 1 aliphatic rings. The van der Waals surface area contributed by atoms with Crippen LogP contribution in [0, 0.1) is 0 Å². The first-order valence-corrected chi connectivity index (χ1v) is 7.75. The topological polar surface area (TPSA) is 50.9 Å². The fourth-order valence-electron chi connectivity index (χ4n) is 2.10. The number of fused-ring (bicyclic) bond motifs is 1. The number of nitrogens with one attached hydrogen (secondary N) is 1. The van der Waals surface area contributed by atoms with Gasteiger partial charge in [0.2, 0.25) is 0 Å². The van der Waals surface area contributed by atoms with Gasteiger partial charge in [-0.15, -0.1) is 11.3 Å². The minimum absolute atomic E-state index is 0.391. The monoisotopic (exact) mass is 265 g/mol. The maximum absolute atomic E-state index is 5.78. The Morgan fingerprint density at radius 3 is 3.00 bits per heavy atom. The summed E-state index contributed by atoms with van der Waals surface area (Å²) in [4.78, 5) is 4.53. The average molecular weight is 265 g/mol. The van der Waals surface area contributed by atoms with E-state index >= 15 is 0 Å². The molecule has 3 N–H and O–H groups in total. The van der Waals surface area contributed by atoms with Crippen molar-refractivity contribution in [1.29, 1.82) is 0 Å². The van der Waals surface area contributed by atoms with Gasteiger partial charge in [0.15, 0.2) is 4.34 Å². The molecule has 1 heterocycles. The first kappa shape index (κ1) is 11.3. The third-order valence-corrected chi connectivity index (χ3v) is 5.09. The van der Waals surface area contributed by atoms with Crippen LogP contribution in [0.2, 0.25) is 0 Å². The highest BCUT2D eigenvalue weighted by Crippen LogP contribution is 2.31. The number of thioether (sulfide) groups is 1. The van der Waals surface area contributed by atoms with E-state index < -0.39 is 0 Å². The predicted octanol–water partition coefficient (Wildman–Crippen LogP) is 2.92. The molecule has 0 radical (unpaired) electrons. The molecule has 0 unspecified atom stereocenters. The molecule has 1 fully saturated rings. The van der Waals surface area contributed by atoms with Crippen LogP contribution >= 0.6 is 23.1 Å². The molecule has 0 saturated heterocycles. The summed E-state index contributed by atoms with van der Waals surface area (Å²) in [6.07, 6.45) is 4.22. The van der Waals surface area contributed by atoms with E-state index in [0.717, 1.165) is 22.7 Å². The summed E-state index contributed by atoms with van der Waals surface area (Å²) in [5, 5.41) is 3.52. The van der Waals surface area contributed by atoms with Crippen LogP contribution in [0.25, 0.3) is 10.2 Å². The molecule has 5 heteroatoms. The van der Waals surface area contributed by atoms with Crippen molar-refractivity contribution in [3.05, 3.63) is 18.2 Å². The quantitative estimate of drug-likeness (QED) is 0.838. The predicted molar refractivity (Wildman–Crippen MR) is 76.0 cm³/mol. The van der Waals surface area contributed by atoms with Crippen LogP contribution in [0.3, 0.4) is 0 Å². The molecular weight excluding hydrogens is 250 g/mol. The van der Waals surface area contributed by atoms with Crippen LogP contribution in [0.4, 0.5) is 5.69 Å². The zero-order chi connectivity index (χ0) is 11.8. The second kappa shape index (κ2) is 4.48. The average Bonchev–Trinajstić information content (AvgIpc) is 2.69. The highest BCUT2D eigenvalue weighted by molar-refractivity contribution is 8.00. The van der Waals surface area contributed by atoms with E-state index in [9.17, 15) is 0 Å². The summed E-state index contributed by atoms with van der Waals surface area (Å²) >= 11 is 3.45. The Labute approximate surface area is 109 Å². The fourth-order valence-corrected chi connectivity index (χ4v) is 3.62. The highest BCUT2D eigenvalue weighted by Gasteiger charge is 2.25. The van der Waals surface area contributed by atoms with Gasteiger partial charge < -0.3 is 11.1 Å². The van der Waals surface area contributed by atoms with Crippen LogP contribution in [-0.4, -0.2) is 23.3 Å². The minimum atomic E-state index is 0.391. The molecule has 0 aliphatic heterocycles. The molecule has 0 atom stereocenters. The summed E-state index contributed by atoms with van der Waals surface area (Å²) in [7, 11) is 0. The molecule has 0 bridgehead atoms. The van der Waals surface area contributed by atoms with Crippen molar-refractivity contribution in [2.24, 2.45) is 5.73 Å². The molecule has 0 amide bonds. The summed E-state index contributed by atoms with van der Waals surface area (Å²) in [6.45, 7) is 0. The SMILES string of the molecule is CSc1nc2ccc(NC3CC(N)C3)cc2s1. The molecule has 1 saturated carbocycles. The van der Waals surface area contributed by atoms with Crippen LogP contribution < -0.4 is 11.1 Å². The number of nitrogens with two attached hydrogens (primary N) is 1. The highest BCUT2D eigenvalue weighted by atomic mass is 32.2. The van der Waals surface area contributed by atoms with Crippen LogP contribution in [-0.2, 0) is 0 Å². The maximum Gasteiger partial charge on any atom is 0.150 e. The number of aromatic nitrogens is 1. The van der Waals surface area contributed by atoms with Crippen molar-refractivity contribution >= 4 is 39.0 Å². The number of hydrogen-bond acceptors (Lipinski definition) is 5. The van der Waals surface area contributed by atoms with Gasteiger partial charge in [-0.2, -0.15) is 0 Å². The molecule has 1 aliphatic carbocycles. The van der Waals surface area contributed by atoms with E-state index in [2.05, 4.69) is 34.8 Å². The van der Waals surface area contributed by atoms with Crippen molar-refractivity contribution in [2.45, 2.75) is 29.3 Å². The van der Waals surface area contributed by atoms with Crippen molar-refractivity contribution in [1.82, 2.24) is 4.98 Å². The lowest BCUT2D eigenvalue weighted by Gasteiger charge is -2.33. The van der Waals surface area contributed by atoms with E-state index in [0.29, 0.717) is 12.1 Å². The van der Waals surface area contributed by atoms with E-state index in [1.165, 1.54) is 10.4 Å². The third-order valence-electron chi connectivity index (χ3n) is 3.09. The van der Waals surface area contributed by atoms with Crippen LogP contribution in [0.15, 0.2) is 22.5 Å². The van der Waals surface area contributed by atoms with Crippen molar-refractivity contribution < 1.29 is 0 Å². The van der Waals surface area contributed by atoms with Crippen molar-refractivity contribution in [3.63, 3.8) is 0 Å². The summed E-state index contributed by atoms with van der Waals surface area (Å²) < 4.78 is 2.38. The number of rotatable bonds is 3. The lowest BCUT2D eigenvalue weighted by atomic mass is 9.87. The Morgan fingerprint density at radius 1 is 1.47 bits per heavy atom. The van der Waals surface area contributed by atoms with Gasteiger partial charge in [0.05, 0.1) is 10.2 Å². The number of hydrogen-bond donors (Lipinski definition) is 2. The first-order chi connectivity index (χ1) is 8.24. The largest absolute Gasteiger partial charge is 0.382 e. The van der Waals surface area contributed by atoms with Gasteiger partial charge in [0, 0.05) is 17.8 Å². The molecule has 1 aromatic heterocycles. The zero-order valence-corrected chi connectivity index (χ0v) is 11.3. The van der Waals surface area contributed by atoms with Gasteiger partial charge in [0.1, 0.15) is 0 Å². The number of anilines is 1. The minimum Gasteiger partial charge on any atom is -0.382 e. The van der Waals surface area contributed by atoms with Gasteiger partial charge >= 0.3 is 0 Å². The second-order valence-electron chi connectivity index (χ2n) is 4.44. The van der Waals surface area contributed by atoms with E-state index in [1.54, 1.807) is 23.1 Å². The van der Waals surface area contributed by atoms with Gasteiger partial charge in [-0.25, -0.2) is 4.98 Å². The van der Waals surface area contributed by atoms with Crippen molar-refractivity contribution in [3.8, 4) is 0 Å². The Morgan fingerprint density at radius 2 is 2.29 bits per heavy atom. The van der Waals surface area contributed by atoms with Crippen LogP contribution in [0.5, 0.6) is 0 Å². The lowest BCUT2D eigenvalue weighted by Crippen LogP contribution is -2.44. The molecular formula is C12H15N3S2. The lowest BCUT2D eigenvalue weighted by molar-refractivity contribution is 0.374. The number of thiazole rings is 1. The third kappa shape index (κ3) is 2.27. The molecule has 2 aromatic rings. The molecule has 3 rings (SSSR count). The van der Waals surface area contributed by atoms with Crippen molar-refractivity contribution in [2.75, 3.05) is 11.6 Å². The number of benzene rings is 1.